The van der Waals surface area contributed by atoms with E-state index in [2.05, 4.69) is 45.3 Å². The van der Waals surface area contributed by atoms with Gasteiger partial charge in [-0.05, 0) is 37.9 Å². The Morgan fingerprint density at radius 2 is 2.04 bits per heavy atom. The van der Waals surface area contributed by atoms with Crippen LogP contribution in [-0.2, 0) is 0 Å². The molecule has 3 heterocycles. The maximum absolute atomic E-state index is 10.1. The summed E-state index contributed by atoms with van der Waals surface area (Å²) in [5.41, 5.74) is 3.52. The lowest BCUT2D eigenvalue weighted by atomic mass is 9.91. The van der Waals surface area contributed by atoms with Crippen LogP contribution in [0.1, 0.15) is 11.5 Å². The minimum atomic E-state index is 0.228. The number of phenols is 1. The van der Waals surface area contributed by atoms with Gasteiger partial charge in [0, 0.05) is 49.2 Å². The van der Waals surface area contributed by atoms with E-state index < -0.39 is 0 Å². The molecule has 0 unspecified atom stereocenters. The Morgan fingerprint density at radius 3 is 2.80 bits per heavy atom. The van der Waals surface area contributed by atoms with Gasteiger partial charge < -0.3 is 19.9 Å². The number of nitrogens with one attached hydrogen (secondary N) is 1. The van der Waals surface area contributed by atoms with Crippen molar-refractivity contribution in [1.29, 1.82) is 0 Å². The van der Waals surface area contributed by atoms with E-state index in [9.17, 15) is 5.11 Å². The van der Waals surface area contributed by atoms with Gasteiger partial charge in [0.05, 0.1) is 5.69 Å². The maximum Gasteiger partial charge on any atom is 0.160 e. The molecule has 25 heavy (non-hydrogen) atoms. The highest BCUT2D eigenvalue weighted by Gasteiger charge is 2.29. The molecule has 0 atom stereocenters. The monoisotopic (exact) mass is 337 g/mol. The van der Waals surface area contributed by atoms with Crippen LogP contribution in [0.2, 0.25) is 0 Å². The number of likely N-dealkylation sites (tertiary alicyclic amines) is 1. The SMILES string of the molecule is CN(C)CCN1CC(c2c[nH]c3nnc(-c4ccccc4O)cc23)C1. The van der Waals surface area contributed by atoms with Crippen LogP contribution in [0.5, 0.6) is 5.75 Å². The van der Waals surface area contributed by atoms with Crippen LogP contribution in [0, 0.1) is 0 Å². The molecule has 1 saturated heterocycles. The van der Waals surface area contributed by atoms with Crippen LogP contribution in [0.3, 0.4) is 0 Å². The van der Waals surface area contributed by atoms with Crippen molar-refractivity contribution in [2.24, 2.45) is 0 Å². The third-order valence-electron chi connectivity index (χ3n) is 4.91. The number of hydrogen-bond acceptors (Lipinski definition) is 5. The molecule has 6 nitrogen and oxygen atoms in total. The van der Waals surface area contributed by atoms with Gasteiger partial charge in [-0.25, -0.2) is 0 Å². The first kappa shape index (κ1) is 16.1. The number of nitrogens with zero attached hydrogens (tertiary/aromatic N) is 4. The fourth-order valence-electron chi connectivity index (χ4n) is 3.39. The van der Waals surface area contributed by atoms with Crippen molar-refractivity contribution in [3.8, 4) is 17.0 Å². The Kier molecular flexibility index (Phi) is 4.15. The first-order chi connectivity index (χ1) is 12.1. The number of likely N-dealkylation sites (N-methyl/N-ethyl adjacent to an activating group) is 1. The van der Waals surface area contributed by atoms with Crippen molar-refractivity contribution >= 4 is 11.0 Å². The van der Waals surface area contributed by atoms with E-state index in [0.29, 0.717) is 17.2 Å². The van der Waals surface area contributed by atoms with E-state index in [1.807, 2.05) is 24.3 Å². The summed E-state index contributed by atoms with van der Waals surface area (Å²) >= 11 is 0. The predicted molar refractivity (Wildman–Crippen MR) is 98.7 cm³/mol. The van der Waals surface area contributed by atoms with E-state index in [1.165, 1.54) is 5.56 Å². The first-order valence-corrected chi connectivity index (χ1v) is 8.62. The topological polar surface area (TPSA) is 68.3 Å². The molecule has 0 spiro atoms. The second-order valence-electron chi connectivity index (χ2n) is 7.01. The highest BCUT2D eigenvalue weighted by Crippen LogP contribution is 2.34. The third-order valence-corrected chi connectivity index (χ3v) is 4.91. The van der Waals surface area contributed by atoms with Crippen LogP contribution in [0.4, 0.5) is 0 Å². The molecule has 2 aromatic heterocycles. The molecular weight excluding hydrogens is 314 g/mol. The number of aromatic nitrogens is 3. The molecule has 0 radical (unpaired) electrons. The van der Waals surface area contributed by atoms with Gasteiger partial charge in [0.25, 0.3) is 0 Å². The summed E-state index contributed by atoms with van der Waals surface area (Å²) in [5.74, 6) is 0.754. The summed E-state index contributed by atoms with van der Waals surface area (Å²) in [6.07, 6.45) is 2.06. The number of phenolic OH excluding ortho intramolecular Hbond substituents is 1. The largest absolute Gasteiger partial charge is 0.507 e. The quantitative estimate of drug-likeness (QED) is 0.748. The second-order valence-corrected chi connectivity index (χ2v) is 7.01. The van der Waals surface area contributed by atoms with Gasteiger partial charge in [-0.3, -0.25) is 0 Å². The number of para-hydroxylation sites is 1. The normalized spacial score (nSPS) is 15.8. The van der Waals surface area contributed by atoms with Crippen molar-refractivity contribution in [3.05, 3.63) is 42.1 Å². The van der Waals surface area contributed by atoms with Crippen LogP contribution >= 0.6 is 0 Å². The standard InChI is InChI=1S/C19H23N5O/c1-23(2)7-8-24-11-13(12-24)16-10-20-19-15(16)9-17(21-22-19)14-5-3-4-6-18(14)25/h3-6,9-10,13,25H,7-8,11-12H2,1-2H3,(H,20,22). The van der Waals surface area contributed by atoms with Crippen LogP contribution < -0.4 is 0 Å². The zero-order valence-electron chi connectivity index (χ0n) is 14.6. The van der Waals surface area contributed by atoms with Crippen molar-refractivity contribution in [2.75, 3.05) is 40.3 Å². The van der Waals surface area contributed by atoms with E-state index in [1.54, 1.807) is 6.07 Å². The van der Waals surface area contributed by atoms with Gasteiger partial charge >= 0.3 is 0 Å². The van der Waals surface area contributed by atoms with E-state index in [-0.39, 0.29) is 5.75 Å². The highest BCUT2D eigenvalue weighted by atomic mass is 16.3. The molecule has 1 aromatic carbocycles. The number of aromatic amines is 1. The summed E-state index contributed by atoms with van der Waals surface area (Å²) in [5, 5.41) is 19.7. The smallest absolute Gasteiger partial charge is 0.160 e. The zero-order valence-corrected chi connectivity index (χ0v) is 14.6. The second kappa shape index (κ2) is 6.46. The number of rotatable bonds is 5. The van der Waals surface area contributed by atoms with Gasteiger partial charge in [-0.15, -0.1) is 10.2 Å². The summed E-state index contributed by atoms with van der Waals surface area (Å²) in [6, 6.07) is 9.28. The number of fused-ring (bicyclic) bond motifs is 1. The molecule has 1 aliphatic rings. The average molecular weight is 337 g/mol. The summed E-state index contributed by atoms with van der Waals surface area (Å²) in [7, 11) is 4.21. The molecule has 1 fully saturated rings. The van der Waals surface area contributed by atoms with E-state index in [4.69, 9.17) is 0 Å². The summed E-state index contributed by atoms with van der Waals surface area (Å²) in [4.78, 5) is 7.92. The molecule has 0 aliphatic carbocycles. The summed E-state index contributed by atoms with van der Waals surface area (Å²) in [6.45, 7) is 4.35. The van der Waals surface area contributed by atoms with Crippen molar-refractivity contribution in [1.82, 2.24) is 25.0 Å². The van der Waals surface area contributed by atoms with Crippen molar-refractivity contribution in [2.45, 2.75) is 5.92 Å². The average Bonchev–Trinajstić information content (AvgIpc) is 2.96. The van der Waals surface area contributed by atoms with E-state index in [0.717, 1.165) is 37.2 Å². The summed E-state index contributed by atoms with van der Waals surface area (Å²) < 4.78 is 0. The van der Waals surface area contributed by atoms with Gasteiger partial charge in [0.15, 0.2) is 5.65 Å². The molecule has 6 heteroatoms. The molecule has 1 aliphatic heterocycles. The lowest BCUT2D eigenvalue weighted by Gasteiger charge is -2.39. The first-order valence-electron chi connectivity index (χ1n) is 8.62. The molecule has 3 aromatic rings. The molecule has 0 amide bonds. The maximum atomic E-state index is 10.1. The minimum absolute atomic E-state index is 0.228. The lowest BCUT2D eigenvalue weighted by Crippen LogP contribution is -2.47. The minimum Gasteiger partial charge on any atom is -0.507 e. The number of aromatic hydroxyl groups is 1. The third kappa shape index (κ3) is 3.10. The molecule has 2 N–H and O–H groups in total. The molecule has 0 saturated carbocycles. The predicted octanol–water partition coefficient (Wildman–Crippen LogP) is 2.29. The Morgan fingerprint density at radius 1 is 1.24 bits per heavy atom. The number of hydrogen-bond donors (Lipinski definition) is 2. The molecule has 130 valence electrons. The van der Waals surface area contributed by atoms with E-state index >= 15 is 0 Å². The van der Waals surface area contributed by atoms with Crippen LogP contribution in [-0.4, -0.2) is 70.4 Å². The van der Waals surface area contributed by atoms with Gasteiger partial charge in [0.1, 0.15) is 5.75 Å². The van der Waals surface area contributed by atoms with Gasteiger partial charge in [0.2, 0.25) is 0 Å². The van der Waals surface area contributed by atoms with Gasteiger partial charge in [-0.2, -0.15) is 0 Å². The Bertz CT molecular complexity index is 882. The molecule has 0 bridgehead atoms. The zero-order chi connectivity index (χ0) is 17.4. The van der Waals surface area contributed by atoms with Gasteiger partial charge in [-0.1, -0.05) is 12.1 Å². The lowest BCUT2D eigenvalue weighted by molar-refractivity contribution is 0.136. The van der Waals surface area contributed by atoms with Crippen LogP contribution in [0.15, 0.2) is 36.5 Å². The van der Waals surface area contributed by atoms with Crippen molar-refractivity contribution < 1.29 is 5.11 Å². The fourth-order valence-corrected chi connectivity index (χ4v) is 3.39. The fraction of sp³-hybridized carbons (Fsp3) is 0.368. The molecular formula is C19H23N5O. The highest BCUT2D eigenvalue weighted by molar-refractivity contribution is 5.84. The molecule has 4 rings (SSSR count). The number of benzene rings is 1. The Labute approximate surface area is 147 Å². The Balaban J connectivity index is 1.57. The van der Waals surface area contributed by atoms with Crippen LogP contribution in [0.25, 0.3) is 22.3 Å². The van der Waals surface area contributed by atoms with Crippen molar-refractivity contribution in [3.63, 3.8) is 0 Å². The number of H-pyrrole nitrogens is 1. The Hall–Kier alpha value is -2.44.